The minimum Gasteiger partial charge on any atom is -0.290 e. The van der Waals surface area contributed by atoms with Crippen molar-refractivity contribution in [3.63, 3.8) is 0 Å². The van der Waals surface area contributed by atoms with E-state index in [9.17, 15) is 0 Å². The molecular formula is C126H108N12O6. The average molecular weight is 1890 g/mol. The van der Waals surface area contributed by atoms with Crippen LogP contribution in [-0.4, -0.2) is 36.2 Å². The highest BCUT2D eigenvalue weighted by Gasteiger charge is 2.35. The summed E-state index contributed by atoms with van der Waals surface area (Å²) in [5.74, 6) is 0. The number of amides is 12. The third-order valence-electron chi connectivity index (χ3n) is 25.8. The Morgan fingerprint density at radius 3 is 0.215 bits per heavy atom. The lowest BCUT2D eigenvalue weighted by molar-refractivity contribution is 0.250. The van der Waals surface area contributed by atoms with Gasteiger partial charge in [-0.3, -0.25) is 58.8 Å². The lowest BCUT2D eigenvalue weighted by Crippen LogP contribution is -2.44. The van der Waals surface area contributed by atoms with Gasteiger partial charge in [0.15, 0.2) is 0 Å². The molecule has 0 aromatic heterocycles. The van der Waals surface area contributed by atoms with Gasteiger partial charge in [0.25, 0.3) is 0 Å². The highest BCUT2D eigenvalue weighted by Crippen LogP contribution is 2.39. The van der Waals surface area contributed by atoms with Crippen molar-refractivity contribution in [1.29, 1.82) is 0 Å². The third kappa shape index (κ3) is 23.4. The zero-order chi connectivity index (χ0) is 98.1. The largest absolute Gasteiger partial charge is 0.329 e. The Morgan fingerprint density at radius 1 is 0.0903 bits per heavy atom. The van der Waals surface area contributed by atoms with Gasteiger partial charge in [-0.2, -0.15) is 0 Å². The second-order valence-electron chi connectivity index (χ2n) is 35.7. The fourth-order valence-electron chi connectivity index (χ4n) is 18.2. The summed E-state index contributed by atoms with van der Waals surface area (Å²) in [6.45, 7) is 1.94. The summed E-state index contributed by atoms with van der Waals surface area (Å²) in [5.41, 5.74) is 17.2. The molecule has 0 saturated carbocycles. The summed E-state index contributed by atoms with van der Waals surface area (Å²) < 4.78 is 0. The van der Waals surface area contributed by atoms with Crippen molar-refractivity contribution in [1.82, 2.24) is 0 Å². The third-order valence-corrected chi connectivity index (χ3v) is 25.8. The van der Waals surface area contributed by atoms with E-state index in [0.717, 1.165) is 66.8 Å². The van der Waals surface area contributed by atoms with Gasteiger partial charge in [0, 0.05) is 68.2 Å². The Hall–Kier alpha value is -18.4. The fourth-order valence-corrected chi connectivity index (χ4v) is 18.2. The molecule has 10 heterocycles. The topological polar surface area (TPSA) is 141 Å². The van der Waals surface area contributed by atoms with E-state index < -0.39 is 0 Å². The molecule has 18 aromatic carbocycles. The normalized spacial score (nSPS) is 13.2. The van der Waals surface area contributed by atoms with Gasteiger partial charge in [-0.1, -0.05) is 364 Å². The van der Waals surface area contributed by atoms with Crippen molar-refractivity contribution < 1.29 is 28.8 Å². The maximum absolute atomic E-state index is 16.6. The van der Waals surface area contributed by atoms with Crippen LogP contribution < -0.4 is 58.8 Å². The maximum atomic E-state index is 16.6. The molecule has 0 aliphatic carbocycles. The molecule has 18 nitrogen and oxygen atoms in total. The fraction of sp³-hybridized carbons (Fsp3) is 0.0952. The Balaban J connectivity index is 0.770. The molecule has 0 atom stereocenters. The van der Waals surface area contributed by atoms with E-state index in [1.807, 2.05) is 510 Å². The lowest BCUT2D eigenvalue weighted by atomic mass is 10.1. The smallest absolute Gasteiger partial charge is 0.290 e. The van der Waals surface area contributed by atoms with Crippen LogP contribution in [0.25, 0.3) is 0 Å². The molecule has 0 radical (unpaired) electrons. The van der Waals surface area contributed by atoms with Crippen LogP contribution in [0.5, 0.6) is 0 Å². The van der Waals surface area contributed by atoms with Gasteiger partial charge in [-0.05, 0) is 212 Å². The van der Waals surface area contributed by atoms with Gasteiger partial charge in [-0.25, -0.2) is 28.8 Å². The maximum Gasteiger partial charge on any atom is 0.329 e. The van der Waals surface area contributed by atoms with Crippen molar-refractivity contribution in [3.8, 4) is 0 Å². The Bertz CT molecular complexity index is 5690. The molecule has 28 rings (SSSR count). The summed E-state index contributed by atoms with van der Waals surface area (Å²) in [6, 6.07) is 162. The second-order valence-corrected chi connectivity index (χ2v) is 35.7. The zero-order valence-corrected chi connectivity index (χ0v) is 79.8. The van der Waals surface area contributed by atoms with Crippen LogP contribution in [0.15, 0.2) is 510 Å². The van der Waals surface area contributed by atoms with E-state index in [-0.39, 0.29) is 115 Å². The van der Waals surface area contributed by atoms with Crippen LogP contribution in [0.1, 0.15) is 66.8 Å². The molecule has 18 heteroatoms. The number of nitrogens with zero attached hydrogens (tertiary/aromatic N) is 12. The van der Waals surface area contributed by atoms with E-state index >= 15 is 28.8 Å². The van der Waals surface area contributed by atoms with Crippen LogP contribution in [0.2, 0.25) is 0 Å². The SMILES string of the molecule is O=C1N(Cc2ccccc2)c2ccc(cc2)N(Cc2ccccc2)C(=O)N(Cc2ccccc2)c2ccc(cc2)N(Cc2ccccc2)C(=O)N(Cc2ccccc2)c2ccc(cc2)N(Cc2ccccc2)C(=O)N(Cc2ccccc2)c2ccc(cc2)N(Cc2ccccc2)C(=O)N(Cc2ccccc2)c2ccc(cc2)N(Cc2ccccc2)C(=O)N(Cc2ccccc2)c2ccc(cc2)N1Cc1ccccc1. The summed E-state index contributed by atoms with van der Waals surface area (Å²) in [7, 11) is 0. The predicted octanol–water partition coefficient (Wildman–Crippen LogP) is 29.0. The molecule has 10 aliphatic heterocycles. The van der Waals surface area contributed by atoms with Crippen molar-refractivity contribution in [2.24, 2.45) is 0 Å². The Labute approximate surface area is 841 Å². The number of urea groups is 6. The minimum absolute atomic E-state index is 0.162. The van der Waals surface area contributed by atoms with Gasteiger partial charge < -0.3 is 0 Å². The molecule has 0 unspecified atom stereocenters. The minimum atomic E-state index is -0.340. The van der Waals surface area contributed by atoms with Crippen LogP contribution in [0.4, 0.5) is 97.0 Å². The second kappa shape index (κ2) is 45.9. The van der Waals surface area contributed by atoms with Gasteiger partial charge in [0.05, 0.1) is 78.5 Å². The van der Waals surface area contributed by atoms with Crippen LogP contribution in [0.3, 0.4) is 0 Å². The van der Waals surface area contributed by atoms with E-state index in [1.165, 1.54) is 0 Å². The molecular weight excluding hydrogens is 1780 g/mol. The van der Waals surface area contributed by atoms with Crippen molar-refractivity contribution in [2.75, 3.05) is 58.8 Å². The van der Waals surface area contributed by atoms with E-state index in [1.54, 1.807) is 58.8 Å². The molecule has 12 amide bonds. The number of hydrogen-bond acceptors (Lipinski definition) is 6. The van der Waals surface area contributed by atoms with Crippen LogP contribution >= 0.6 is 0 Å². The summed E-state index contributed by atoms with van der Waals surface area (Å²) in [6.07, 6.45) is 0. The molecule has 708 valence electrons. The number of rotatable bonds is 24. The van der Waals surface area contributed by atoms with Crippen molar-refractivity contribution in [3.05, 3.63) is 576 Å². The highest BCUT2D eigenvalue weighted by atomic mass is 16.2. The van der Waals surface area contributed by atoms with Crippen molar-refractivity contribution in [2.45, 2.75) is 78.5 Å². The van der Waals surface area contributed by atoms with Gasteiger partial charge in [0.1, 0.15) is 0 Å². The molecule has 144 heavy (non-hydrogen) atoms. The van der Waals surface area contributed by atoms with E-state index in [0.29, 0.717) is 68.2 Å². The number of carbonyl (C=O) groups is 6. The monoisotopic (exact) mass is 1880 g/mol. The van der Waals surface area contributed by atoms with Crippen molar-refractivity contribution >= 4 is 104 Å². The average Bonchev–Trinajstić information content (AvgIpc) is 0.788. The standard InChI is InChI=1S/C126H108N12O6/c139-121-127(85-97-37-13-1-14-38-97)109-61-63-111(64-62-109)129(87-99-41-17-3-18-42-99)122(140)131(89-101-45-21-5-22-46-101)113-69-71-115(72-70-113)133(91-103-49-25-7-26-50-103)124(142)135(93-105-53-29-9-30-54-105)117-77-79-119(80-78-117)137(95-107-57-33-11-34-58-107)126(144)138(96-108-59-35-12-36-60-108)120-83-81-118(82-84-120)136(94-106-55-31-10-32-56-106)125(143)134(92-104-51-27-8-28-52-104)116-75-73-114(74-76-116)132(90-102-47-23-6-24-48-102)123(141)130(88-100-43-19-4-20-44-100)112-67-65-110(66-68-112)128(121)86-98-39-15-2-16-40-98/h1-84H,85-96H2. The zero-order valence-electron chi connectivity index (χ0n) is 79.8. The first kappa shape index (κ1) is 94.5. The molecule has 18 aromatic rings. The summed E-state index contributed by atoms with van der Waals surface area (Å²) in [5, 5.41) is 0. The highest BCUT2D eigenvalue weighted by molar-refractivity contribution is 6.10. The molecule has 0 fully saturated rings. The van der Waals surface area contributed by atoms with Crippen LogP contribution in [0, 0.1) is 0 Å². The molecule has 12 bridgehead atoms. The molecule has 0 N–H and O–H groups in total. The lowest BCUT2D eigenvalue weighted by Gasteiger charge is -2.34. The molecule has 0 spiro atoms. The Kier molecular flexibility index (Phi) is 30.1. The molecule has 10 aliphatic rings. The number of anilines is 12. The Morgan fingerprint density at radius 2 is 0.153 bits per heavy atom. The van der Waals surface area contributed by atoms with Gasteiger partial charge in [0.2, 0.25) is 0 Å². The van der Waals surface area contributed by atoms with Gasteiger partial charge in [-0.15, -0.1) is 0 Å². The quantitative estimate of drug-likeness (QED) is 0.0590. The van der Waals surface area contributed by atoms with Crippen LogP contribution in [-0.2, 0) is 78.5 Å². The first-order valence-electron chi connectivity index (χ1n) is 48.5. The summed E-state index contributed by atoms with van der Waals surface area (Å²) >= 11 is 0. The number of carbonyl (C=O) groups excluding carboxylic acids is 6. The summed E-state index contributed by atoms with van der Waals surface area (Å²) in [4.78, 5) is 121. The van der Waals surface area contributed by atoms with E-state index in [4.69, 9.17) is 0 Å². The molecule has 0 saturated heterocycles. The van der Waals surface area contributed by atoms with E-state index in [2.05, 4.69) is 0 Å². The first-order valence-corrected chi connectivity index (χ1v) is 48.5. The number of benzene rings is 18. The van der Waals surface area contributed by atoms with Gasteiger partial charge >= 0.3 is 36.2 Å². The first-order chi connectivity index (χ1) is 70.9. The number of hydrogen-bond donors (Lipinski definition) is 0. The predicted molar refractivity (Wildman–Crippen MR) is 583 cm³/mol.